The molecule has 1 saturated heterocycles. The lowest BCUT2D eigenvalue weighted by Crippen LogP contribution is -2.46. The number of hydrogen-bond donors (Lipinski definition) is 2. The van der Waals surface area contributed by atoms with Crippen molar-refractivity contribution in [2.24, 2.45) is 4.99 Å². The minimum Gasteiger partial charge on any atom is -0.444 e. The molecule has 0 radical (unpaired) electrons. The van der Waals surface area contributed by atoms with Crippen LogP contribution >= 0.6 is 35.3 Å². The minimum absolute atomic E-state index is 0. The molecule has 4 rings (SSSR count). The van der Waals surface area contributed by atoms with E-state index in [0.717, 1.165) is 50.1 Å². The lowest BCUT2D eigenvalue weighted by molar-refractivity contribution is 0.0177. The molecule has 1 unspecified atom stereocenters. The van der Waals surface area contributed by atoms with Crippen molar-refractivity contribution in [2.45, 2.75) is 12.6 Å². The number of nitrogens with zero attached hydrogens (tertiary/aromatic N) is 3. The second-order valence-electron chi connectivity index (χ2n) is 7.00. The Kier molecular flexibility index (Phi) is 9.31. The molecule has 3 heterocycles. The smallest absolute Gasteiger partial charge is 0.226 e. The Morgan fingerprint density at radius 2 is 1.97 bits per heavy atom. The average Bonchev–Trinajstić information content (AvgIpc) is 3.50. The molecule has 0 spiro atoms. The Balaban J connectivity index is 0.00000272. The highest BCUT2D eigenvalue weighted by Gasteiger charge is 2.23. The predicted octanol–water partition coefficient (Wildman–Crippen LogP) is 3.76. The van der Waals surface area contributed by atoms with Crippen LogP contribution in [0.1, 0.15) is 16.6 Å². The largest absolute Gasteiger partial charge is 0.444 e. The second-order valence-corrected chi connectivity index (χ2v) is 7.98. The van der Waals surface area contributed by atoms with Gasteiger partial charge in [-0.25, -0.2) is 4.98 Å². The molecule has 1 aliphatic rings. The molecule has 1 aromatic carbocycles. The molecule has 0 saturated carbocycles. The number of morpholine rings is 1. The molecule has 2 aromatic heterocycles. The van der Waals surface area contributed by atoms with Gasteiger partial charge in [-0.1, -0.05) is 24.3 Å². The van der Waals surface area contributed by atoms with Gasteiger partial charge in [-0.3, -0.25) is 9.89 Å². The van der Waals surface area contributed by atoms with E-state index in [1.165, 1.54) is 4.88 Å². The van der Waals surface area contributed by atoms with Crippen molar-refractivity contribution in [1.82, 2.24) is 20.5 Å². The first kappa shape index (κ1) is 23.7. The maximum absolute atomic E-state index is 5.61. The van der Waals surface area contributed by atoms with Crippen molar-refractivity contribution in [2.75, 3.05) is 39.9 Å². The molecule has 3 aromatic rings. The highest BCUT2D eigenvalue weighted by atomic mass is 127. The number of hydrogen-bond acceptors (Lipinski definition) is 6. The fourth-order valence-electron chi connectivity index (χ4n) is 3.47. The maximum atomic E-state index is 5.61. The van der Waals surface area contributed by atoms with Gasteiger partial charge in [0.25, 0.3) is 0 Å². The number of aliphatic imine (C=N–C) groups is 1. The summed E-state index contributed by atoms with van der Waals surface area (Å²) in [4.78, 5) is 12.7. The molecule has 31 heavy (non-hydrogen) atoms. The Bertz CT molecular complexity index is 927. The van der Waals surface area contributed by atoms with E-state index in [1.54, 1.807) is 24.6 Å². The van der Waals surface area contributed by atoms with E-state index in [0.29, 0.717) is 18.5 Å². The maximum Gasteiger partial charge on any atom is 0.226 e. The van der Waals surface area contributed by atoms with Crippen molar-refractivity contribution in [3.05, 3.63) is 64.7 Å². The number of nitrogens with one attached hydrogen (secondary N) is 2. The first-order valence-corrected chi connectivity index (χ1v) is 11.0. The normalized spacial score (nSPS) is 15.8. The number of halogens is 1. The molecule has 0 amide bonds. The van der Waals surface area contributed by atoms with Crippen LogP contribution in [0.3, 0.4) is 0 Å². The fraction of sp³-hybridized carbons (Fsp3) is 0.364. The molecular weight excluding hydrogens is 525 g/mol. The van der Waals surface area contributed by atoms with Gasteiger partial charge in [0.2, 0.25) is 5.89 Å². The summed E-state index contributed by atoms with van der Waals surface area (Å²) in [6.45, 7) is 4.76. The first-order chi connectivity index (χ1) is 14.8. The Morgan fingerprint density at radius 3 is 2.68 bits per heavy atom. The van der Waals surface area contributed by atoms with Gasteiger partial charge in [0.05, 0.1) is 31.5 Å². The van der Waals surface area contributed by atoms with E-state index < -0.39 is 0 Å². The number of rotatable bonds is 7. The van der Waals surface area contributed by atoms with Gasteiger partial charge < -0.3 is 19.8 Å². The first-order valence-electron chi connectivity index (χ1n) is 10.1. The van der Waals surface area contributed by atoms with Crippen LogP contribution < -0.4 is 10.6 Å². The topological polar surface area (TPSA) is 74.9 Å². The molecule has 0 aliphatic carbocycles. The third-order valence-electron chi connectivity index (χ3n) is 5.05. The van der Waals surface area contributed by atoms with Gasteiger partial charge >= 0.3 is 0 Å². The number of guanidine groups is 1. The summed E-state index contributed by atoms with van der Waals surface area (Å²) in [7, 11) is 1.78. The average molecular weight is 553 g/mol. The minimum atomic E-state index is 0. The molecule has 2 N–H and O–H groups in total. The SMILES string of the molecule is CN=C(NCc1coc(-c2ccccc2)n1)NCC(c1cccs1)N1CCOCC1.I. The van der Waals surface area contributed by atoms with Gasteiger partial charge in [0.1, 0.15) is 6.26 Å². The predicted molar refractivity (Wildman–Crippen MR) is 135 cm³/mol. The lowest BCUT2D eigenvalue weighted by Gasteiger charge is -2.34. The lowest BCUT2D eigenvalue weighted by atomic mass is 10.2. The van der Waals surface area contributed by atoms with Gasteiger partial charge in [-0.2, -0.15) is 0 Å². The van der Waals surface area contributed by atoms with Gasteiger partial charge in [-0.15, -0.1) is 35.3 Å². The molecule has 1 atom stereocenters. The molecule has 7 nitrogen and oxygen atoms in total. The van der Waals surface area contributed by atoms with Crippen molar-refractivity contribution in [3.8, 4) is 11.5 Å². The van der Waals surface area contributed by atoms with E-state index in [2.05, 4.69) is 43.0 Å². The van der Waals surface area contributed by atoms with Crippen LogP contribution in [0.4, 0.5) is 0 Å². The quantitative estimate of drug-likeness (QED) is 0.264. The monoisotopic (exact) mass is 553 g/mol. The number of thiophene rings is 1. The summed E-state index contributed by atoms with van der Waals surface area (Å²) >= 11 is 1.79. The van der Waals surface area contributed by atoms with Crippen molar-refractivity contribution >= 4 is 41.3 Å². The molecule has 0 bridgehead atoms. The van der Waals surface area contributed by atoms with Crippen molar-refractivity contribution in [3.63, 3.8) is 0 Å². The molecule has 9 heteroatoms. The van der Waals surface area contributed by atoms with Crippen LogP contribution in [0.5, 0.6) is 0 Å². The van der Waals surface area contributed by atoms with E-state index in [-0.39, 0.29) is 24.0 Å². The van der Waals surface area contributed by atoms with Crippen molar-refractivity contribution < 1.29 is 9.15 Å². The summed E-state index contributed by atoms with van der Waals surface area (Å²) in [6, 6.07) is 14.5. The number of benzene rings is 1. The Hall–Kier alpha value is -1.95. The Morgan fingerprint density at radius 1 is 1.16 bits per heavy atom. The standard InChI is InChI=1S/C22H27N5O2S.HI/c1-23-22(24-14-18-16-29-21(26-18)17-6-3-2-4-7-17)25-15-19(20-8-5-13-30-20)27-9-11-28-12-10-27;/h2-8,13,16,19H,9-12,14-15H2,1H3,(H2,23,24,25);1H. The highest BCUT2D eigenvalue weighted by Crippen LogP contribution is 2.25. The van der Waals surface area contributed by atoms with Crippen LogP contribution in [-0.4, -0.2) is 55.7 Å². The van der Waals surface area contributed by atoms with Crippen LogP contribution in [0.2, 0.25) is 0 Å². The number of aromatic nitrogens is 1. The zero-order chi connectivity index (χ0) is 20.6. The summed E-state index contributed by atoms with van der Waals surface area (Å²) < 4.78 is 11.1. The summed E-state index contributed by atoms with van der Waals surface area (Å²) in [5.74, 6) is 1.37. The Labute approximate surface area is 203 Å². The fourth-order valence-corrected chi connectivity index (χ4v) is 4.33. The van der Waals surface area contributed by atoms with Crippen LogP contribution in [0.25, 0.3) is 11.5 Å². The van der Waals surface area contributed by atoms with Crippen LogP contribution in [0, 0.1) is 0 Å². The zero-order valence-corrected chi connectivity index (χ0v) is 20.6. The van der Waals surface area contributed by atoms with Gasteiger partial charge in [0.15, 0.2) is 5.96 Å². The molecular formula is C22H28IN5O2S. The zero-order valence-electron chi connectivity index (χ0n) is 17.5. The number of ether oxygens (including phenoxy) is 1. The van der Waals surface area contributed by atoms with E-state index in [1.807, 2.05) is 30.3 Å². The van der Waals surface area contributed by atoms with Crippen LogP contribution in [-0.2, 0) is 11.3 Å². The number of oxazole rings is 1. The third-order valence-corrected chi connectivity index (χ3v) is 6.03. The van der Waals surface area contributed by atoms with Crippen LogP contribution in [0.15, 0.2) is 63.5 Å². The summed E-state index contributed by atoms with van der Waals surface area (Å²) in [5, 5.41) is 8.93. The summed E-state index contributed by atoms with van der Waals surface area (Å²) in [6.07, 6.45) is 1.69. The molecule has 1 aliphatic heterocycles. The van der Waals surface area contributed by atoms with Gasteiger partial charge in [0, 0.05) is 37.1 Å². The second kappa shape index (κ2) is 12.2. The van der Waals surface area contributed by atoms with E-state index in [4.69, 9.17) is 9.15 Å². The summed E-state index contributed by atoms with van der Waals surface area (Å²) in [5.41, 5.74) is 1.80. The van der Waals surface area contributed by atoms with E-state index in [9.17, 15) is 0 Å². The molecule has 1 fully saturated rings. The molecule has 166 valence electrons. The highest BCUT2D eigenvalue weighted by molar-refractivity contribution is 14.0. The van der Waals surface area contributed by atoms with E-state index >= 15 is 0 Å². The van der Waals surface area contributed by atoms with Crippen molar-refractivity contribution in [1.29, 1.82) is 0 Å². The van der Waals surface area contributed by atoms with Gasteiger partial charge in [-0.05, 0) is 23.6 Å². The third kappa shape index (κ3) is 6.52.